The fraction of sp³-hybridized carbons (Fsp3) is 0.167. The number of ether oxygens (including phenoxy) is 1. The molecule has 158 valence electrons. The van der Waals surface area contributed by atoms with Crippen LogP contribution in [0.2, 0.25) is 0 Å². The van der Waals surface area contributed by atoms with Crippen LogP contribution in [-0.4, -0.2) is 37.9 Å². The molecule has 1 aliphatic heterocycles. The van der Waals surface area contributed by atoms with E-state index in [2.05, 4.69) is 5.32 Å². The number of nitrogens with zero attached hydrogens (tertiary/aromatic N) is 2. The lowest BCUT2D eigenvalue weighted by atomic mass is 10.1. The molecule has 0 bridgehead atoms. The normalized spacial score (nSPS) is 13.7. The van der Waals surface area contributed by atoms with Gasteiger partial charge in [0, 0.05) is 30.3 Å². The van der Waals surface area contributed by atoms with Gasteiger partial charge in [0.1, 0.15) is 11.4 Å². The molecule has 2 aromatic carbocycles. The van der Waals surface area contributed by atoms with E-state index >= 15 is 0 Å². The van der Waals surface area contributed by atoms with Crippen molar-refractivity contribution in [3.05, 3.63) is 82.2 Å². The summed E-state index contributed by atoms with van der Waals surface area (Å²) in [6.45, 7) is 0.196. The molecule has 2 amide bonds. The van der Waals surface area contributed by atoms with Gasteiger partial charge in [-0.3, -0.25) is 14.5 Å². The molecule has 1 aliphatic rings. The molecule has 7 heteroatoms. The highest BCUT2D eigenvalue weighted by molar-refractivity contribution is 7.11. The number of carbonyl (C=O) groups is 2. The molecule has 1 N–H and O–H groups in total. The minimum absolute atomic E-state index is 0.196. The number of benzene rings is 2. The van der Waals surface area contributed by atoms with Crippen molar-refractivity contribution in [1.29, 1.82) is 0 Å². The number of hydrogen-bond donors (Lipinski definition) is 1. The predicted octanol–water partition coefficient (Wildman–Crippen LogP) is 4.21. The number of imide groups is 1. The van der Waals surface area contributed by atoms with Crippen LogP contribution in [0, 0.1) is 0 Å². The minimum atomic E-state index is -0.332. The summed E-state index contributed by atoms with van der Waals surface area (Å²) < 4.78 is 5.19. The van der Waals surface area contributed by atoms with E-state index in [-0.39, 0.29) is 18.4 Å². The first kappa shape index (κ1) is 20.7. The van der Waals surface area contributed by atoms with Crippen LogP contribution in [-0.2, 0) is 16.1 Å². The van der Waals surface area contributed by atoms with E-state index in [1.54, 1.807) is 7.11 Å². The Morgan fingerprint density at radius 1 is 0.968 bits per heavy atom. The zero-order valence-corrected chi connectivity index (χ0v) is 18.4. The third-order valence-corrected chi connectivity index (χ3v) is 5.98. The van der Waals surface area contributed by atoms with E-state index in [0.717, 1.165) is 27.6 Å². The predicted molar refractivity (Wildman–Crippen MR) is 124 cm³/mol. The van der Waals surface area contributed by atoms with Gasteiger partial charge in [-0.05, 0) is 53.4 Å². The zero-order chi connectivity index (χ0) is 22.0. The molecule has 0 radical (unpaired) electrons. The number of thiophene rings is 1. The molecule has 0 saturated carbocycles. The van der Waals surface area contributed by atoms with E-state index in [0.29, 0.717) is 11.3 Å². The Labute approximate surface area is 185 Å². The molecular formula is C24H23N3O3S. The van der Waals surface area contributed by atoms with E-state index in [4.69, 9.17) is 4.74 Å². The second-order valence-electron chi connectivity index (χ2n) is 7.34. The lowest BCUT2D eigenvalue weighted by Crippen LogP contribution is -2.31. The minimum Gasteiger partial charge on any atom is -0.497 e. The van der Waals surface area contributed by atoms with Gasteiger partial charge in [-0.15, -0.1) is 11.3 Å². The van der Waals surface area contributed by atoms with E-state index in [1.807, 2.05) is 85.0 Å². The maximum absolute atomic E-state index is 13.3. The Morgan fingerprint density at radius 2 is 1.68 bits per heavy atom. The number of methoxy groups -OCH3 is 1. The van der Waals surface area contributed by atoms with Crippen LogP contribution < -0.4 is 15.0 Å². The zero-order valence-electron chi connectivity index (χ0n) is 17.6. The van der Waals surface area contributed by atoms with Crippen molar-refractivity contribution >= 4 is 40.1 Å². The van der Waals surface area contributed by atoms with Crippen molar-refractivity contribution in [2.45, 2.75) is 6.54 Å². The molecular weight excluding hydrogens is 410 g/mol. The fourth-order valence-corrected chi connectivity index (χ4v) is 4.15. The van der Waals surface area contributed by atoms with Gasteiger partial charge < -0.3 is 15.0 Å². The molecule has 4 rings (SSSR count). The van der Waals surface area contributed by atoms with Crippen molar-refractivity contribution in [3.8, 4) is 5.75 Å². The second-order valence-corrected chi connectivity index (χ2v) is 8.29. The van der Waals surface area contributed by atoms with Crippen LogP contribution >= 0.6 is 11.3 Å². The molecule has 0 fully saturated rings. The van der Waals surface area contributed by atoms with E-state index < -0.39 is 0 Å². The van der Waals surface area contributed by atoms with Gasteiger partial charge in [0.2, 0.25) is 0 Å². The monoisotopic (exact) mass is 433 g/mol. The van der Waals surface area contributed by atoms with E-state index in [1.165, 1.54) is 16.2 Å². The molecule has 0 atom stereocenters. The SMILES string of the molecule is COc1ccc(CN2C(=O)C(Nc3ccc(N(C)C)cc3)=C(c3cccs3)C2=O)cc1. The second kappa shape index (κ2) is 8.65. The quantitative estimate of drug-likeness (QED) is 0.566. The summed E-state index contributed by atoms with van der Waals surface area (Å²) in [5.74, 6) is 0.0975. The van der Waals surface area contributed by atoms with Crippen molar-refractivity contribution < 1.29 is 14.3 Å². The van der Waals surface area contributed by atoms with Gasteiger partial charge in [-0.1, -0.05) is 18.2 Å². The topological polar surface area (TPSA) is 61.9 Å². The smallest absolute Gasteiger partial charge is 0.278 e. The molecule has 1 aromatic heterocycles. The summed E-state index contributed by atoms with van der Waals surface area (Å²) in [4.78, 5) is 30.6. The Bertz CT molecular complexity index is 1120. The van der Waals surface area contributed by atoms with Crippen LogP contribution in [0.4, 0.5) is 11.4 Å². The van der Waals surface area contributed by atoms with Crippen LogP contribution in [0.1, 0.15) is 10.4 Å². The van der Waals surface area contributed by atoms with Crippen molar-refractivity contribution in [1.82, 2.24) is 4.90 Å². The fourth-order valence-electron chi connectivity index (χ4n) is 3.39. The van der Waals surface area contributed by atoms with Gasteiger partial charge in [0.15, 0.2) is 0 Å². The third kappa shape index (κ3) is 4.18. The van der Waals surface area contributed by atoms with Crippen molar-refractivity contribution in [2.75, 3.05) is 31.4 Å². The summed E-state index contributed by atoms with van der Waals surface area (Å²) in [6, 6.07) is 18.8. The van der Waals surface area contributed by atoms with Crippen LogP contribution in [0.25, 0.3) is 5.57 Å². The Balaban J connectivity index is 1.64. The van der Waals surface area contributed by atoms with Crippen molar-refractivity contribution in [2.24, 2.45) is 0 Å². The Hall–Kier alpha value is -3.58. The molecule has 2 heterocycles. The number of nitrogens with one attached hydrogen (secondary N) is 1. The summed E-state index contributed by atoms with van der Waals surface area (Å²) in [5.41, 5.74) is 3.36. The number of carbonyl (C=O) groups excluding carboxylic acids is 2. The maximum Gasteiger partial charge on any atom is 0.278 e. The highest BCUT2D eigenvalue weighted by Crippen LogP contribution is 2.34. The Morgan fingerprint density at radius 3 is 2.26 bits per heavy atom. The van der Waals surface area contributed by atoms with Crippen molar-refractivity contribution in [3.63, 3.8) is 0 Å². The number of hydrogen-bond acceptors (Lipinski definition) is 6. The first-order chi connectivity index (χ1) is 15.0. The van der Waals surface area contributed by atoms with E-state index in [9.17, 15) is 9.59 Å². The van der Waals surface area contributed by atoms with Crippen LogP contribution in [0.3, 0.4) is 0 Å². The van der Waals surface area contributed by atoms with Gasteiger partial charge >= 0.3 is 0 Å². The third-order valence-electron chi connectivity index (χ3n) is 5.09. The number of anilines is 2. The van der Waals surface area contributed by atoms with Gasteiger partial charge in [0.05, 0.1) is 19.2 Å². The lowest BCUT2D eigenvalue weighted by Gasteiger charge is -2.16. The first-order valence-electron chi connectivity index (χ1n) is 9.79. The molecule has 0 unspecified atom stereocenters. The molecule has 0 aliphatic carbocycles. The summed E-state index contributed by atoms with van der Waals surface area (Å²) in [6.07, 6.45) is 0. The molecule has 3 aromatic rings. The average molecular weight is 434 g/mol. The van der Waals surface area contributed by atoms with Crippen LogP contribution in [0.15, 0.2) is 71.7 Å². The lowest BCUT2D eigenvalue weighted by molar-refractivity contribution is -0.137. The summed E-state index contributed by atoms with van der Waals surface area (Å²) >= 11 is 1.44. The largest absolute Gasteiger partial charge is 0.497 e. The average Bonchev–Trinajstić information content (AvgIpc) is 3.38. The van der Waals surface area contributed by atoms with Gasteiger partial charge in [-0.25, -0.2) is 0 Å². The highest BCUT2D eigenvalue weighted by Gasteiger charge is 2.39. The molecule has 0 saturated heterocycles. The maximum atomic E-state index is 13.3. The summed E-state index contributed by atoms with van der Waals surface area (Å²) in [5, 5.41) is 5.09. The van der Waals surface area contributed by atoms with Gasteiger partial charge in [0.25, 0.3) is 11.8 Å². The Kier molecular flexibility index (Phi) is 5.77. The molecule has 0 spiro atoms. The highest BCUT2D eigenvalue weighted by atomic mass is 32.1. The molecule has 6 nitrogen and oxygen atoms in total. The first-order valence-corrected chi connectivity index (χ1v) is 10.7. The summed E-state index contributed by atoms with van der Waals surface area (Å²) in [7, 11) is 5.54. The van der Waals surface area contributed by atoms with Crippen LogP contribution in [0.5, 0.6) is 5.75 Å². The number of rotatable bonds is 7. The number of amides is 2. The molecule has 31 heavy (non-hydrogen) atoms. The standard InChI is InChI=1S/C24H23N3O3S/c1-26(2)18-10-8-17(9-11-18)25-22-21(20-5-4-14-31-20)23(28)27(24(22)29)15-16-6-12-19(30-3)13-7-16/h4-14,25H,15H2,1-3H3. The van der Waals surface area contributed by atoms with Gasteiger partial charge in [-0.2, -0.15) is 0 Å².